The van der Waals surface area contributed by atoms with E-state index < -0.39 is 0 Å². The third-order valence-corrected chi connectivity index (χ3v) is 5.30. The van der Waals surface area contributed by atoms with E-state index in [1.54, 1.807) is 11.0 Å². The monoisotopic (exact) mass is 374 g/mol. The van der Waals surface area contributed by atoms with Gasteiger partial charge < -0.3 is 4.90 Å². The van der Waals surface area contributed by atoms with Gasteiger partial charge >= 0.3 is 0 Å². The summed E-state index contributed by atoms with van der Waals surface area (Å²) in [6, 6.07) is 7.44. The van der Waals surface area contributed by atoms with Gasteiger partial charge in [0.1, 0.15) is 6.54 Å². The number of nitrogens with zero attached hydrogens (tertiary/aromatic N) is 2. The maximum atomic E-state index is 12.7. The zero-order valence-corrected chi connectivity index (χ0v) is 16.8. The van der Waals surface area contributed by atoms with Gasteiger partial charge in [-0.3, -0.25) is 19.3 Å². The van der Waals surface area contributed by atoms with Crippen molar-refractivity contribution in [2.75, 3.05) is 12.3 Å². The average molecular weight is 375 g/mol. The van der Waals surface area contributed by atoms with Gasteiger partial charge in [0.15, 0.2) is 5.78 Å². The molecular formula is C20H26N2O3S. The lowest BCUT2D eigenvalue weighted by molar-refractivity contribution is -0.139. The normalized spacial score (nSPS) is 16.0. The van der Waals surface area contributed by atoms with Crippen molar-refractivity contribution in [1.82, 2.24) is 9.80 Å². The number of amides is 2. The Balaban J connectivity index is 2.22. The van der Waals surface area contributed by atoms with Crippen molar-refractivity contribution in [3.05, 3.63) is 46.5 Å². The predicted octanol–water partition coefficient (Wildman–Crippen LogP) is 3.24. The number of thioether (sulfide) groups is 1. The van der Waals surface area contributed by atoms with E-state index in [-0.39, 0.29) is 42.0 Å². The second-order valence-electron chi connectivity index (χ2n) is 6.92. The predicted molar refractivity (Wildman–Crippen MR) is 105 cm³/mol. The summed E-state index contributed by atoms with van der Waals surface area (Å²) in [7, 11) is 0. The third-order valence-electron chi connectivity index (χ3n) is 4.27. The smallest absolute Gasteiger partial charge is 0.243 e. The lowest BCUT2D eigenvalue weighted by atomic mass is 10.1. The van der Waals surface area contributed by atoms with E-state index in [1.807, 2.05) is 52.8 Å². The molecule has 0 N–H and O–H groups in total. The molecule has 6 heteroatoms. The number of hydrogen-bond donors (Lipinski definition) is 0. The van der Waals surface area contributed by atoms with Crippen molar-refractivity contribution in [2.24, 2.45) is 0 Å². The van der Waals surface area contributed by atoms with Crippen molar-refractivity contribution >= 4 is 29.4 Å². The molecule has 0 aliphatic carbocycles. The number of carbonyl (C=O) groups is 3. The van der Waals surface area contributed by atoms with Crippen molar-refractivity contribution in [2.45, 2.75) is 46.7 Å². The van der Waals surface area contributed by atoms with Crippen LogP contribution >= 0.6 is 11.8 Å². The van der Waals surface area contributed by atoms with Gasteiger partial charge in [0.05, 0.1) is 10.8 Å². The first-order valence-electron chi connectivity index (χ1n) is 8.78. The Bertz CT molecular complexity index is 732. The van der Waals surface area contributed by atoms with Crippen molar-refractivity contribution < 1.29 is 14.4 Å². The molecule has 2 rings (SSSR count). The quantitative estimate of drug-likeness (QED) is 0.567. The van der Waals surface area contributed by atoms with Crippen LogP contribution in [0, 0.1) is 6.92 Å². The zero-order valence-electron chi connectivity index (χ0n) is 16.0. The Morgan fingerprint density at radius 1 is 1.19 bits per heavy atom. The van der Waals surface area contributed by atoms with E-state index >= 15 is 0 Å². The van der Waals surface area contributed by atoms with E-state index in [4.69, 9.17) is 0 Å². The fraction of sp³-hybridized carbons (Fsp3) is 0.450. The molecule has 0 unspecified atom stereocenters. The van der Waals surface area contributed by atoms with Crippen molar-refractivity contribution in [1.29, 1.82) is 0 Å². The first kappa shape index (κ1) is 20.2. The van der Waals surface area contributed by atoms with Gasteiger partial charge in [-0.25, -0.2) is 0 Å². The van der Waals surface area contributed by atoms with Crippen LogP contribution in [0.25, 0.3) is 0 Å². The molecule has 0 radical (unpaired) electrons. The number of hydrogen-bond acceptors (Lipinski definition) is 4. The molecule has 26 heavy (non-hydrogen) atoms. The molecule has 1 aromatic carbocycles. The Labute approximate surface area is 159 Å². The molecule has 0 spiro atoms. The summed E-state index contributed by atoms with van der Waals surface area (Å²) >= 11 is 1.30. The molecule has 1 aliphatic heterocycles. The van der Waals surface area contributed by atoms with E-state index in [0.29, 0.717) is 10.6 Å². The third kappa shape index (κ3) is 4.55. The highest BCUT2D eigenvalue weighted by molar-refractivity contribution is 8.04. The van der Waals surface area contributed by atoms with Gasteiger partial charge in [-0.1, -0.05) is 36.0 Å². The minimum absolute atomic E-state index is 0.0327. The van der Waals surface area contributed by atoms with Crippen LogP contribution in [0.5, 0.6) is 0 Å². The first-order chi connectivity index (χ1) is 12.2. The van der Waals surface area contributed by atoms with E-state index in [2.05, 4.69) is 0 Å². The van der Waals surface area contributed by atoms with Gasteiger partial charge in [0, 0.05) is 23.7 Å². The Morgan fingerprint density at radius 3 is 2.38 bits per heavy atom. The van der Waals surface area contributed by atoms with Crippen LogP contribution in [0.2, 0.25) is 0 Å². The number of benzene rings is 1. The largest absolute Gasteiger partial charge is 0.336 e. The van der Waals surface area contributed by atoms with E-state index in [1.165, 1.54) is 22.7 Å². The molecule has 0 aromatic heterocycles. The topological polar surface area (TPSA) is 57.7 Å². The van der Waals surface area contributed by atoms with Gasteiger partial charge in [-0.15, -0.1) is 0 Å². The molecule has 0 saturated carbocycles. The van der Waals surface area contributed by atoms with E-state index in [0.717, 1.165) is 5.56 Å². The Hall–Kier alpha value is -2.08. The van der Waals surface area contributed by atoms with Crippen molar-refractivity contribution in [3.8, 4) is 0 Å². The summed E-state index contributed by atoms with van der Waals surface area (Å²) in [6.45, 7) is 9.67. The molecule has 1 aliphatic rings. The van der Waals surface area contributed by atoms with Crippen LogP contribution < -0.4 is 0 Å². The van der Waals surface area contributed by atoms with E-state index in [9.17, 15) is 14.4 Å². The summed E-state index contributed by atoms with van der Waals surface area (Å²) < 4.78 is 0. The highest BCUT2D eigenvalue weighted by Gasteiger charge is 2.31. The highest BCUT2D eigenvalue weighted by atomic mass is 32.2. The van der Waals surface area contributed by atoms with Crippen LogP contribution in [0.3, 0.4) is 0 Å². The standard InChI is InChI=1S/C20H26N2O3S/c1-13(2)22(14(3)4)18(24)11-21-19(25)12-26-20(21)10-17(23)16-9-7-6-8-15(16)5/h6-10,13-14H,11-12H2,1-5H3/b20-10-. The molecule has 0 bridgehead atoms. The van der Waals surface area contributed by atoms with Crippen LogP contribution in [0.4, 0.5) is 0 Å². The van der Waals surface area contributed by atoms with Crippen LogP contribution in [-0.2, 0) is 9.59 Å². The minimum Gasteiger partial charge on any atom is -0.336 e. The maximum Gasteiger partial charge on any atom is 0.243 e. The number of aryl methyl sites for hydroxylation is 1. The molecule has 0 atom stereocenters. The molecule has 1 saturated heterocycles. The van der Waals surface area contributed by atoms with Crippen molar-refractivity contribution in [3.63, 3.8) is 0 Å². The Morgan fingerprint density at radius 2 is 1.81 bits per heavy atom. The number of ketones is 1. The molecule has 1 fully saturated rings. The van der Waals surface area contributed by atoms with Gasteiger partial charge in [0.2, 0.25) is 11.8 Å². The second-order valence-corrected chi connectivity index (χ2v) is 7.91. The lowest BCUT2D eigenvalue weighted by Crippen LogP contribution is -2.47. The minimum atomic E-state index is -0.151. The fourth-order valence-electron chi connectivity index (χ4n) is 3.13. The SMILES string of the molecule is Cc1ccccc1C(=O)/C=C1\SCC(=O)N1CC(=O)N(C(C)C)C(C)C. The molecule has 140 valence electrons. The number of allylic oxidation sites excluding steroid dienone is 1. The molecule has 2 amide bonds. The zero-order chi connectivity index (χ0) is 19.4. The average Bonchev–Trinajstić information content (AvgIpc) is 2.87. The second kappa shape index (κ2) is 8.54. The Kier molecular flexibility index (Phi) is 6.64. The number of carbonyl (C=O) groups excluding carboxylic acids is 3. The van der Waals surface area contributed by atoms with Crippen LogP contribution in [0.15, 0.2) is 35.4 Å². The summed E-state index contributed by atoms with van der Waals surface area (Å²) in [5.41, 5.74) is 1.49. The summed E-state index contributed by atoms with van der Waals surface area (Å²) in [6.07, 6.45) is 1.47. The number of rotatable bonds is 6. The molecular weight excluding hydrogens is 348 g/mol. The summed E-state index contributed by atoms with van der Waals surface area (Å²) in [4.78, 5) is 40.7. The maximum absolute atomic E-state index is 12.7. The highest BCUT2D eigenvalue weighted by Crippen LogP contribution is 2.29. The van der Waals surface area contributed by atoms with Crippen LogP contribution in [-0.4, -0.2) is 51.8 Å². The molecule has 1 heterocycles. The van der Waals surface area contributed by atoms with Gasteiger partial charge in [-0.2, -0.15) is 0 Å². The van der Waals surface area contributed by atoms with Gasteiger partial charge in [0.25, 0.3) is 0 Å². The molecule has 5 nitrogen and oxygen atoms in total. The lowest BCUT2D eigenvalue weighted by Gasteiger charge is -2.32. The molecule has 1 aromatic rings. The summed E-state index contributed by atoms with van der Waals surface area (Å²) in [5.74, 6) is -0.147. The van der Waals surface area contributed by atoms with Gasteiger partial charge in [-0.05, 0) is 40.2 Å². The fourth-order valence-corrected chi connectivity index (χ4v) is 4.07. The first-order valence-corrected chi connectivity index (χ1v) is 9.77. The summed E-state index contributed by atoms with van der Waals surface area (Å²) in [5, 5.41) is 0.545. The van der Waals surface area contributed by atoms with Crippen LogP contribution in [0.1, 0.15) is 43.6 Å².